The summed E-state index contributed by atoms with van der Waals surface area (Å²) in [4.78, 5) is 9.66. The predicted octanol–water partition coefficient (Wildman–Crippen LogP) is 2.95. The standard InChI is InChI=1S/C14H16N4S/c1-10(12-3-5-15-6-4-12)16-9-13-11(2)17-14-18(13)7-8-19-14/h3-8,10,16H,9H2,1-2H3/t10-/m1/s1. The fourth-order valence-electron chi connectivity index (χ4n) is 2.17. The highest BCUT2D eigenvalue weighted by Crippen LogP contribution is 2.18. The Balaban J connectivity index is 1.76. The molecule has 0 aliphatic heterocycles. The second-order valence-corrected chi connectivity index (χ2v) is 5.46. The second-order valence-electron chi connectivity index (χ2n) is 4.58. The van der Waals surface area contributed by atoms with Gasteiger partial charge in [0.25, 0.3) is 0 Å². The first-order chi connectivity index (χ1) is 9.25. The van der Waals surface area contributed by atoms with Gasteiger partial charge in [0.1, 0.15) is 0 Å². The number of thiazole rings is 1. The Morgan fingerprint density at radius 3 is 2.95 bits per heavy atom. The molecule has 0 aliphatic rings. The van der Waals surface area contributed by atoms with Crippen molar-refractivity contribution in [2.75, 3.05) is 0 Å². The molecule has 0 amide bonds. The summed E-state index contributed by atoms with van der Waals surface area (Å²) in [6, 6.07) is 4.38. The fraction of sp³-hybridized carbons (Fsp3) is 0.286. The van der Waals surface area contributed by atoms with E-state index in [-0.39, 0.29) is 0 Å². The van der Waals surface area contributed by atoms with Gasteiger partial charge < -0.3 is 5.32 Å². The van der Waals surface area contributed by atoms with Gasteiger partial charge in [-0.2, -0.15) is 0 Å². The Kier molecular flexibility index (Phi) is 3.31. The van der Waals surface area contributed by atoms with E-state index in [1.165, 1.54) is 11.3 Å². The molecular formula is C14H16N4S. The van der Waals surface area contributed by atoms with Crippen molar-refractivity contribution < 1.29 is 0 Å². The molecule has 0 radical (unpaired) electrons. The maximum Gasteiger partial charge on any atom is 0.194 e. The van der Waals surface area contributed by atoms with Gasteiger partial charge in [-0.1, -0.05) is 0 Å². The van der Waals surface area contributed by atoms with Crippen LogP contribution >= 0.6 is 11.3 Å². The Morgan fingerprint density at radius 1 is 1.37 bits per heavy atom. The van der Waals surface area contributed by atoms with Crippen LogP contribution in [-0.2, 0) is 6.54 Å². The van der Waals surface area contributed by atoms with E-state index in [2.05, 4.69) is 45.1 Å². The smallest absolute Gasteiger partial charge is 0.194 e. The first-order valence-corrected chi connectivity index (χ1v) is 7.18. The summed E-state index contributed by atoms with van der Waals surface area (Å²) in [5.74, 6) is 0. The SMILES string of the molecule is Cc1nc2sccn2c1CN[C@H](C)c1ccncc1. The Morgan fingerprint density at radius 2 is 2.16 bits per heavy atom. The van der Waals surface area contributed by atoms with Crippen molar-refractivity contribution in [3.63, 3.8) is 0 Å². The predicted molar refractivity (Wildman–Crippen MR) is 77.3 cm³/mol. The zero-order chi connectivity index (χ0) is 13.2. The first kappa shape index (κ1) is 12.3. The van der Waals surface area contributed by atoms with Crippen LogP contribution in [0.2, 0.25) is 0 Å². The molecule has 0 unspecified atom stereocenters. The van der Waals surface area contributed by atoms with Crippen LogP contribution in [-0.4, -0.2) is 14.4 Å². The van der Waals surface area contributed by atoms with E-state index in [9.17, 15) is 0 Å². The first-order valence-electron chi connectivity index (χ1n) is 6.30. The number of aryl methyl sites for hydroxylation is 1. The van der Waals surface area contributed by atoms with Gasteiger partial charge in [-0.3, -0.25) is 9.38 Å². The van der Waals surface area contributed by atoms with Crippen LogP contribution in [0, 0.1) is 6.92 Å². The van der Waals surface area contributed by atoms with Crippen molar-refractivity contribution in [2.24, 2.45) is 0 Å². The van der Waals surface area contributed by atoms with Crippen molar-refractivity contribution >= 4 is 16.3 Å². The van der Waals surface area contributed by atoms with Crippen molar-refractivity contribution in [3.05, 3.63) is 53.1 Å². The molecule has 0 aromatic carbocycles. The number of rotatable bonds is 4. The summed E-state index contributed by atoms with van der Waals surface area (Å²) in [6.45, 7) is 5.04. The Bertz CT molecular complexity index is 671. The van der Waals surface area contributed by atoms with E-state index in [0.29, 0.717) is 6.04 Å². The van der Waals surface area contributed by atoms with Gasteiger partial charge in [-0.15, -0.1) is 11.3 Å². The number of hydrogen-bond acceptors (Lipinski definition) is 4. The molecule has 3 heterocycles. The van der Waals surface area contributed by atoms with Crippen molar-refractivity contribution in [3.8, 4) is 0 Å². The maximum atomic E-state index is 4.56. The van der Waals surface area contributed by atoms with E-state index in [1.54, 1.807) is 11.3 Å². The lowest BCUT2D eigenvalue weighted by Gasteiger charge is -2.13. The Hall–Kier alpha value is -1.72. The molecule has 1 N–H and O–H groups in total. The topological polar surface area (TPSA) is 42.2 Å². The average Bonchev–Trinajstić information content (AvgIpc) is 2.98. The van der Waals surface area contributed by atoms with E-state index >= 15 is 0 Å². The van der Waals surface area contributed by atoms with Crippen LogP contribution in [0.4, 0.5) is 0 Å². The minimum atomic E-state index is 0.298. The molecule has 3 rings (SSSR count). The van der Waals surface area contributed by atoms with E-state index in [0.717, 1.165) is 17.2 Å². The van der Waals surface area contributed by atoms with Crippen LogP contribution < -0.4 is 5.32 Å². The second kappa shape index (κ2) is 5.11. The molecule has 3 aromatic heterocycles. The van der Waals surface area contributed by atoms with Crippen LogP contribution in [0.3, 0.4) is 0 Å². The largest absolute Gasteiger partial charge is 0.305 e. The zero-order valence-electron chi connectivity index (χ0n) is 11.0. The maximum absolute atomic E-state index is 4.56. The quantitative estimate of drug-likeness (QED) is 0.794. The van der Waals surface area contributed by atoms with Crippen LogP contribution in [0.15, 0.2) is 36.1 Å². The minimum Gasteiger partial charge on any atom is -0.305 e. The molecule has 0 fully saturated rings. The molecule has 4 nitrogen and oxygen atoms in total. The van der Waals surface area contributed by atoms with Gasteiger partial charge in [0.15, 0.2) is 4.96 Å². The molecule has 0 spiro atoms. The minimum absolute atomic E-state index is 0.298. The summed E-state index contributed by atoms with van der Waals surface area (Å²) >= 11 is 1.67. The molecule has 3 aromatic rings. The van der Waals surface area contributed by atoms with Crippen LogP contribution in [0.5, 0.6) is 0 Å². The van der Waals surface area contributed by atoms with Gasteiger partial charge in [0.2, 0.25) is 0 Å². The molecule has 1 atom stereocenters. The lowest BCUT2D eigenvalue weighted by atomic mass is 10.1. The normalized spacial score (nSPS) is 12.9. The van der Waals surface area contributed by atoms with Crippen LogP contribution in [0.25, 0.3) is 4.96 Å². The number of fused-ring (bicyclic) bond motifs is 1. The van der Waals surface area contributed by atoms with Crippen molar-refractivity contribution in [1.29, 1.82) is 0 Å². The third-order valence-electron chi connectivity index (χ3n) is 3.34. The average molecular weight is 272 g/mol. The van der Waals surface area contributed by atoms with Gasteiger partial charge >= 0.3 is 0 Å². The lowest BCUT2D eigenvalue weighted by molar-refractivity contribution is 0.564. The number of hydrogen-bond donors (Lipinski definition) is 1. The molecule has 0 saturated carbocycles. The summed E-state index contributed by atoms with van der Waals surface area (Å²) in [6.07, 6.45) is 5.73. The fourth-order valence-corrected chi connectivity index (χ4v) is 2.95. The van der Waals surface area contributed by atoms with E-state index in [1.807, 2.05) is 24.5 Å². The van der Waals surface area contributed by atoms with Gasteiger partial charge in [-0.25, -0.2) is 4.98 Å². The number of imidazole rings is 1. The summed E-state index contributed by atoms with van der Waals surface area (Å²) in [7, 11) is 0. The molecule has 0 bridgehead atoms. The molecule has 0 saturated heterocycles. The number of pyridine rings is 1. The van der Waals surface area contributed by atoms with Crippen LogP contribution in [0.1, 0.15) is 29.9 Å². The Labute approximate surface area is 116 Å². The molecule has 98 valence electrons. The molecular weight excluding hydrogens is 256 g/mol. The summed E-state index contributed by atoms with van der Waals surface area (Å²) in [5, 5.41) is 5.61. The lowest BCUT2D eigenvalue weighted by Crippen LogP contribution is -2.19. The third-order valence-corrected chi connectivity index (χ3v) is 4.10. The molecule has 5 heteroatoms. The van der Waals surface area contributed by atoms with E-state index in [4.69, 9.17) is 0 Å². The monoisotopic (exact) mass is 272 g/mol. The van der Waals surface area contributed by atoms with Gasteiger partial charge in [-0.05, 0) is 31.5 Å². The summed E-state index contributed by atoms with van der Waals surface area (Å²) in [5.41, 5.74) is 3.58. The van der Waals surface area contributed by atoms with Crippen molar-refractivity contribution in [1.82, 2.24) is 19.7 Å². The highest BCUT2D eigenvalue weighted by Gasteiger charge is 2.11. The molecule has 19 heavy (non-hydrogen) atoms. The van der Waals surface area contributed by atoms with Gasteiger partial charge in [0, 0.05) is 36.6 Å². The number of nitrogens with one attached hydrogen (secondary N) is 1. The van der Waals surface area contributed by atoms with Gasteiger partial charge in [0.05, 0.1) is 11.4 Å². The highest BCUT2D eigenvalue weighted by molar-refractivity contribution is 7.15. The highest BCUT2D eigenvalue weighted by atomic mass is 32.1. The van der Waals surface area contributed by atoms with E-state index < -0.39 is 0 Å². The van der Waals surface area contributed by atoms with Crippen molar-refractivity contribution in [2.45, 2.75) is 26.4 Å². The summed E-state index contributed by atoms with van der Waals surface area (Å²) < 4.78 is 2.16. The molecule has 0 aliphatic carbocycles. The number of nitrogens with zero attached hydrogens (tertiary/aromatic N) is 3. The third kappa shape index (κ3) is 2.39. The zero-order valence-corrected chi connectivity index (χ0v) is 11.8. The number of aromatic nitrogens is 3.